The van der Waals surface area contributed by atoms with E-state index in [-0.39, 0.29) is 23.9 Å². The van der Waals surface area contributed by atoms with Gasteiger partial charge in [-0.3, -0.25) is 4.79 Å². The fraction of sp³-hybridized carbons (Fsp3) is 0.632. The first-order valence-corrected chi connectivity index (χ1v) is 10.0. The molecule has 1 aromatic carbocycles. The summed E-state index contributed by atoms with van der Waals surface area (Å²) in [5, 5.41) is 0. The van der Waals surface area contributed by atoms with Gasteiger partial charge in [-0.05, 0) is 30.4 Å². The third-order valence-corrected chi connectivity index (χ3v) is 6.53. The molecule has 134 valence electrons. The molecule has 0 spiro atoms. The molecule has 0 aromatic heterocycles. The molecule has 1 saturated carbocycles. The Morgan fingerprint density at radius 3 is 2.58 bits per heavy atom. The van der Waals surface area contributed by atoms with Crippen LogP contribution in [0.3, 0.4) is 0 Å². The highest BCUT2D eigenvalue weighted by molar-refractivity contribution is 7.99. The summed E-state index contributed by atoms with van der Waals surface area (Å²) in [7, 11) is 0. The minimum atomic E-state index is 0. The SMILES string of the molecule is Cl.NCC1(CC(=O)N2CCSCC2c2ccccc2)CCCCC1. The Labute approximate surface area is 156 Å². The van der Waals surface area contributed by atoms with Gasteiger partial charge in [0.2, 0.25) is 5.91 Å². The van der Waals surface area contributed by atoms with Crippen LogP contribution in [0.15, 0.2) is 30.3 Å². The van der Waals surface area contributed by atoms with E-state index in [4.69, 9.17) is 5.73 Å². The van der Waals surface area contributed by atoms with E-state index in [1.54, 1.807) is 0 Å². The van der Waals surface area contributed by atoms with Crippen LogP contribution in [0.2, 0.25) is 0 Å². The molecule has 5 heteroatoms. The summed E-state index contributed by atoms with van der Waals surface area (Å²) in [5.74, 6) is 2.36. The minimum absolute atomic E-state index is 0. The van der Waals surface area contributed by atoms with Crippen LogP contribution in [0.4, 0.5) is 0 Å². The lowest BCUT2D eigenvalue weighted by Crippen LogP contribution is -2.45. The molecule has 0 radical (unpaired) electrons. The van der Waals surface area contributed by atoms with Crippen molar-refractivity contribution in [2.24, 2.45) is 11.1 Å². The summed E-state index contributed by atoms with van der Waals surface area (Å²) in [6, 6.07) is 10.7. The molecule has 2 N–H and O–H groups in total. The molecule has 1 atom stereocenters. The zero-order valence-corrected chi connectivity index (χ0v) is 15.9. The maximum atomic E-state index is 13.1. The number of halogens is 1. The van der Waals surface area contributed by atoms with Crippen molar-refractivity contribution in [1.29, 1.82) is 0 Å². The number of carbonyl (C=O) groups excluding carboxylic acids is 1. The first kappa shape index (κ1) is 19.6. The number of hydrogen-bond acceptors (Lipinski definition) is 3. The standard InChI is InChI=1S/C19H28N2OS.ClH/c20-15-19(9-5-2-6-10-19)13-18(22)21-11-12-23-14-17(21)16-7-3-1-4-8-16;/h1,3-4,7-8,17H,2,5-6,9-15,20H2;1H. The van der Waals surface area contributed by atoms with Crippen molar-refractivity contribution < 1.29 is 4.79 Å². The van der Waals surface area contributed by atoms with Gasteiger partial charge in [0.25, 0.3) is 0 Å². The van der Waals surface area contributed by atoms with E-state index in [0.29, 0.717) is 18.9 Å². The first-order valence-electron chi connectivity index (χ1n) is 8.86. The largest absolute Gasteiger partial charge is 0.334 e. The lowest BCUT2D eigenvalue weighted by Gasteiger charge is -2.41. The number of amides is 1. The van der Waals surface area contributed by atoms with Crippen molar-refractivity contribution >= 4 is 30.1 Å². The summed E-state index contributed by atoms with van der Waals surface area (Å²) in [6.07, 6.45) is 6.62. The van der Waals surface area contributed by atoms with Crippen molar-refractivity contribution in [3.63, 3.8) is 0 Å². The average molecular weight is 369 g/mol. The lowest BCUT2D eigenvalue weighted by atomic mass is 9.71. The molecule has 2 aliphatic rings. The molecule has 1 aliphatic carbocycles. The number of thioether (sulfide) groups is 1. The van der Waals surface area contributed by atoms with Crippen LogP contribution in [0.1, 0.15) is 50.1 Å². The first-order chi connectivity index (χ1) is 11.2. The Hall–Kier alpha value is -0.710. The molecule has 1 saturated heterocycles. The third-order valence-electron chi connectivity index (χ3n) is 5.51. The summed E-state index contributed by atoms with van der Waals surface area (Å²) in [6.45, 7) is 1.51. The molecule has 0 bridgehead atoms. The molecule has 1 aromatic rings. The van der Waals surface area contributed by atoms with E-state index < -0.39 is 0 Å². The van der Waals surface area contributed by atoms with Crippen LogP contribution in [0, 0.1) is 5.41 Å². The van der Waals surface area contributed by atoms with Crippen molar-refractivity contribution in [3.05, 3.63) is 35.9 Å². The topological polar surface area (TPSA) is 46.3 Å². The minimum Gasteiger partial charge on any atom is -0.334 e. The predicted octanol–water partition coefficient (Wildman–Crippen LogP) is 4.02. The Morgan fingerprint density at radius 1 is 1.21 bits per heavy atom. The lowest BCUT2D eigenvalue weighted by molar-refractivity contribution is -0.136. The third kappa shape index (κ3) is 4.47. The van der Waals surface area contributed by atoms with Gasteiger partial charge in [-0.15, -0.1) is 12.4 Å². The second-order valence-corrected chi connectivity index (χ2v) is 8.18. The van der Waals surface area contributed by atoms with Gasteiger partial charge >= 0.3 is 0 Å². The van der Waals surface area contributed by atoms with Gasteiger partial charge in [-0.1, -0.05) is 49.6 Å². The maximum Gasteiger partial charge on any atom is 0.223 e. The second kappa shape index (κ2) is 9.12. The van der Waals surface area contributed by atoms with Crippen LogP contribution >= 0.6 is 24.2 Å². The fourth-order valence-electron chi connectivity index (χ4n) is 4.03. The quantitative estimate of drug-likeness (QED) is 0.872. The summed E-state index contributed by atoms with van der Waals surface area (Å²) < 4.78 is 0. The molecule has 1 aliphatic heterocycles. The van der Waals surface area contributed by atoms with Crippen molar-refractivity contribution in [2.75, 3.05) is 24.6 Å². The Kier molecular flexibility index (Phi) is 7.45. The van der Waals surface area contributed by atoms with Crippen LogP contribution in [-0.2, 0) is 4.79 Å². The Morgan fingerprint density at radius 2 is 1.92 bits per heavy atom. The number of carbonyl (C=O) groups is 1. The van der Waals surface area contributed by atoms with Crippen LogP contribution in [0.25, 0.3) is 0 Å². The number of rotatable bonds is 4. The molecule has 1 amide bonds. The van der Waals surface area contributed by atoms with E-state index in [1.165, 1.54) is 24.8 Å². The van der Waals surface area contributed by atoms with Crippen molar-refractivity contribution in [2.45, 2.75) is 44.6 Å². The molecule has 3 nitrogen and oxygen atoms in total. The molecular weight excluding hydrogens is 340 g/mol. The van der Waals surface area contributed by atoms with Gasteiger partial charge in [0.1, 0.15) is 0 Å². The van der Waals surface area contributed by atoms with Gasteiger partial charge in [-0.25, -0.2) is 0 Å². The highest BCUT2D eigenvalue weighted by Crippen LogP contribution is 2.40. The van der Waals surface area contributed by atoms with Crippen LogP contribution in [-0.4, -0.2) is 35.4 Å². The van der Waals surface area contributed by atoms with Gasteiger partial charge < -0.3 is 10.6 Å². The molecular formula is C19H29ClN2OS. The molecule has 1 unspecified atom stereocenters. The van der Waals surface area contributed by atoms with Crippen molar-refractivity contribution in [3.8, 4) is 0 Å². The highest BCUT2D eigenvalue weighted by atomic mass is 35.5. The van der Waals surface area contributed by atoms with Gasteiger partial charge in [0.15, 0.2) is 0 Å². The Bertz CT molecular complexity index is 519. The summed E-state index contributed by atoms with van der Waals surface area (Å²) >= 11 is 1.95. The maximum absolute atomic E-state index is 13.1. The monoisotopic (exact) mass is 368 g/mol. The fourth-order valence-corrected chi connectivity index (χ4v) is 5.12. The molecule has 1 heterocycles. The second-order valence-electron chi connectivity index (χ2n) is 7.03. The van der Waals surface area contributed by atoms with Crippen molar-refractivity contribution in [1.82, 2.24) is 4.90 Å². The Balaban J connectivity index is 0.00000208. The van der Waals surface area contributed by atoms with Crippen LogP contribution in [0.5, 0.6) is 0 Å². The van der Waals surface area contributed by atoms with E-state index in [0.717, 1.165) is 30.9 Å². The van der Waals surface area contributed by atoms with Gasteiger partial charge in [0.05, 0.1) is 6.04 Å². The van der Waals surface area contributed by atoms with Gasteiger partial charge in [0, 0.05) is 24.5 Å². The highest BCUT2D eigenvalue weighted by Gasteiger charge is 2.37. The van der Waals surface area contributed by atoms with E-state index >= 15 is 0 Å². The van der Waals surface area contributed by atoms with E-state index in [2.05, 4.69) is 29.2 Å². The summed E-state index contributed by atoms with van der Waals surface area (Å²) in [4.78, 5) is 15.2. The molecule has 3 rings (SSSR count). The van der Waals surface area contributed by atoms with Crippen LogP contribution < -0.4 is 5.73 Å². The number of hydrogen-bond donors (Lipinski definition) is 1. The molecule has 2 fully saturated rings. The number of nitrogens with two attached hydrogens (primary N) is 1. The van der Waals surface area contributed by atoms with Gasteiger partial charge in [-0.2, -0.15) is 11.8 Å². The van der Waals surface area contributed by atoms with E-state index in [9.17, 15) is 4.79 Å². The number of nitrogens with zero attached hydrogens (tertiary/aromatic N) is 1. The average Bonchev–Trinajstić information content (AvgIpc) is 2.63. The normalized spacial score (nSPS) is 23.4. The summed E-state index contributed by atoms with van der Waals surface area (Å²) in [5.41, 5.74) is 7.41. The predicted molar refractivity (Wildman–Crippen MR) is 105 cm³/mol. The molecule has 24 heavy (non-hydrogen) atoms. The zero-order valence-electron chi connectivity index (χ0n) is 14.3. The zero-order chi connectivity index (χ0) is 16.1. The smallest absolute Gasteiger partial charge is 0.223 e. The van der Waals surface area contributed by atoms with E-state index in [1.807, 2.05) is 17.8 Å². The number of benzene rings is 1.